The van der Waals surface area contributed by atoms with E-state index in [9.17, 15) is 4.79 Å². The second-order valence-corrected chi connectivity index (χ2v) is 5.48. The van der Waals surface area contributed by atoms with Crippen LogP contribution in [0.3, 0.4) is 0 Å². The van der Waals surface area contributed by atoms with E-state index in [4.69, 9.17) is 10.5 Å². The van der Waals surface area contributed by atoms with Gasteiger partial charge in [-0.1, -0.05) is 13.8 Å². The van der Waals surface area contributed by atoms with E-state index in [1.807, 2.05) is 13.8 Å². The van der Waals surface area contributed by atoms with Gasteiger partial charge >= 0.3 is 5.97 Å². The van der Waals surface area contributed by atoms with Gasteiger partial charge in [-0.3, -0.25) is 4.57 Å². The molecule has 2 aromatic heterocycles. The van der Waals surface area contributed by atoms with Crippen LogP contribution in [0.25, 0.3) is 5.13 Å². The van der Waals surface area contributed by atoms with Crippen molar-refractivity contribution in [2.45, 2.75) is 33.6 Å². The third-order valence-electron chi connectivity index (χ3n) is 3.09. The molecule has 0 radical (unpaired) electrons. The van der Waals surface area contributed by atoms with Crippen molar-refractivity contribution in [2.75, 3.05) is 12.8 Å². The van der Waals surface area contributed by atoms with Gasteiger partial charge in [0.2, 0.25) is 0 Å². The minimum Gasteiger partial charge on any atom is -0.464 e. The van der Waals surface area contributed by atoms with E-state index < -0.39 is 5.97 Å². The zero-order chi connectivity index (χ0) is 14.9. The topological polar surface area (TPSA) is 83.0 Å². The van der Waals surface area contributed by atoms with Gasteiger partial charge < -0.3 is 10.5 Å². The Morgan fingerprint density at radius 2 is 2.05 bits per heavy atom. The lowest BCUT2D eigenvalue weighted by molar-refractivity contribution is 0.0596. The normalized spacial score (nSPS) is 10.8. The van der Waals surface area contributed by atoms with Crippen LogP contribution in [0.4, 0.5) is 5.82 Å². The first-order valence-electron chi connectivity index (χ1n) is 6.45. The molecule has 0 saturated heterocycles. The lowest BCUT2D eigenvalue weighted by Crippen LogP contribution is -2.08. The molecule has 0 aliphatic heterocycles. The maximum Gasteiger partial charge on any atom is 0.360 e. The van der Waals surface area contributed by atoms with E-state index in [1.54, 1.807) is 15.9 Å². The quantitative estimate of drug-likeness (QED) is 0.873. The predicted molar refractivity (Wildman–Crippen MR) is 78.5 cm³/mol. The molecule has 0 amide bonds. The second kappa shape index (κ2) is 5.62. The third kappa shape index (κ3) is 2.29. The number of nitrogens with two attached hydrogens (primary N) is 1. The standard InChI is InChI=1S/C13H18N4O2S/c1-5-8-7(3)20-13(15-8)17-9(6-2)16-10(11(17)14)12(18)19-4/h5-6,14H2,1-4H3. The van der Waals surface area contributed by atoms with E-state index in [2.05, 4.69) is 16.9 Å². The first-order valence-corrected chi connectivity index (χ1v) is 7.27. The van der Waals surface area contributed by atoms with E-state index >= 15 is 0 Å². The van der Waals surface area contributed by atoms with Crippen LogP contribution in [0.15, 0.2) is 0 Å². The summed E-state index contributed by atoms with van der Waals surface area (Å²) in [5, 5.41) is 0.747. The van der Waals surface area contributed by atoms with Crippen LogP contribution < -0.4 is 5.73 Å². The van der Waals surface area contributed by atoms with Crippen molar-refractivity contribution >= 4 is 23.1 Å². The van der Waals surface area contributed by atoms with Gasteiger partial charge in [-0.15, -0.1) is 11.3 Å². The van der Waals surface area contributed by atoms with E-state index in [0.717, 1.165) is 22.1 Å². The molecule has 2 aromatic rings. The molecule has 0 bridgehead atoms. The third-order valence-corrected chi connectivity index (χ3v) is 4.08. The number of anilines is 1. The number of rotatable bonds is 4. The number of carbonyl (C=O) groups is 1. The van der Waals surface area contributed by atoms with Crippen molar-refractivity contribution in [3.05, 3.63) is 22.1 Å². The van der Waals surface area contributed by atoms with E-state index in [-0.39, 0.29) is 11.5 Å². The fourth-order valence-corrected chi connectivity index (χ4v) is 3.05. The summed E-state index contributed by atoms with van der Waals surface area (Å²) >= 11 is 1.55. The number of aryl methyl sites for hydroxylation is 3. The summed E-state index contributed by atoms with van der Waals surface area (Å²) in [6, 6.07) is 0. The molecule has 0 unspecified atom stereocenters. The zero-order valence-corrected chi connectivity index (χ0v) is 12.9. The van der Waals surface area contributed by atoms with Gasteiger partial charge in [-0.05, 0) is 13.3 Å². The van der Waals surface area contributed by atoms with Gasteiger partial charge in [0.25, 0.3) is 0 Å². The van der Waals surface area contributed by atoms with Crippen molar-refractivity contribution in [3.63, 3.8) is 0 Å². The largest absolute Gasteiger partial charge is 0.464 e. The number of nitrogen functional groups attached to an aromatic ring is 1. The number of nitrogens with zero attached hydrogens (tertiary/aromatic N) is 3. The summed E-state index contributed by atoms with van der Waals surface area (Å²) in [5.41, 5.74) is 7.25. The predicted octanol–water partition coefficient (Wildman–Crippen LogP) is 2.13. The molecule has 7 heteroatoms. The number of aromatic nitrogens is 3. The summed E-state index contributed by atoms with van der Waals surface area (Å²) in [6.07, 6.45) is 1.52. The fourth-order valence-electron chi connectivity index (χ4n) is 2.02. The van der Waals surface area contributed by atoms with Gasteiger partial charge in [0.1, 0.15) is 11.6 Å². The monoisotopic (exact) mass is 294 g/mol. The van der Waals surface area contributed by atoms with Crippen LogP contribution in [-0.2, 0) is 17.6 Å². The molecule has 2 heterocycles. The van der Waals surface area contributed by atoms with E-state index in [0.29, 0.717) is 12.2 Å². The Bertz CT molecular complexity index is 645. The smallest absolute Gasteiger partial charge is 0.360 e. The van der Waals surface area contributed by atoms with Crippen molar-refractivity contribution in [3.8, 4) is 5.13 Å². The van der Waals surface area contributed by atoms with Crippen molar-refractivity contribution in [2.24, 2.45) is 0 Å². The molecule has 0 aliphatic rings. The molecule has 2 rings (SSSR count). The molecule has 0 spiro atoms. The Hall–Kier alpha value is -1.89. The molecule has 2 N–H and O–H groups in total. The molecule has 108 valence electrons. The first-order chi connectivity index (χ1) is 9.53. The summed E-state index contributed by atoms with van der Waals surface area (Å²) in [7, 11) is 1.31. The van der Waals surface area contributed by atoms with Crippen molar-refractivity contribution in [1.82, 2.24) is 14.5 Å². The van der Waals surface area contributed by atoms with Crippen LogP contribution in [0.2, 0.25) is 0 Å². The molecular formula is C13H18N4O2S. The summed E-state index contributed by atoms with van der Waals surface area (Å²) in [6.45, 7) is 6.05. The van der Waals surface area contributed by atoms with Crippen LogP contribution in [0.5, 0.6) is 0 Å². The number of ether oxygens (including phenoxy) is 1. The highest BCUT2D eigenvalue weighted by atomic mass is 32.1. The van der Waals surface area contributed by atoms with Gasteiger partial charge in [0, 0.05) is 11.3 Å². The Balaban J connectivity index is 2.60. The maximum atomic E-state index is 11.7. The molecule has 0 atom stereocenters. The average molecular weight is 294 g/mol. The average Bonchev–Trinajstić information content (AvgIpc) is 2.97. The van der Waals surface area contributed by atoms with Crippen molar-refractivity contribution < 1.29 is 9.53 Å². The summed E-state index contributed by atoms with van der Waals surface area (Å²) in [4.78, 5) is 21.7. The van der Waals surface area contributed by atoms with Crippen LogP contribution in [0.1, 0.15) is 40.7 Å². The van der Waals surface area contributed by atoms with Gasteiger partial charge in [0.15, 0.2) is 10.8 Å². The highest BCUT2D eigenvalue weighted by molar-refractivity contribution is 7.14. The van der Waals surface area contributed by atoms with Crippen LogP contribution >= 0.6 is 11.3 Å². The zero-order valence-electron chi connectivity index (χ0n) is 12.1. The highest BCUT2D eigenvalue weighted by Gasteiger charge is 2.23. The molecule has 0 saturated carbocycles. The summed E-state index contributed by atoms with van der Waals surface area (Å²) < 4.78 is 6.44. The lowest BCUT2D eigenvalue weighted by Gasteiger charge is -2.04. The Morgan fingerprint density at radius 3 is 2.55 bits per heavy atom. The van der Waals surface area contributed by atoms with Gasteiger partial charge in [-0.2, -0.15) is 0 Å². The van der Waals surface area contributed by atoms with E-state index in [1.165, 1.54) is 7.11 Å². The highest BCUT2D eigenvalue weighted by Crippen LogP contribution is 2.27. The number of methoxy groups -OCH3 is 1. The number of hydrogen-bond donors (Lipinski definition) is 1. The Morgan fingerprint density at radius 1 is 1.35 bits per heavy atom. The van der Waals surface area contributed by atoms with Crippen molar-refractivity contribution in [1.29, 1.82) is 0 Å². The van der Waals surface area contributed by atoms with Gasteiger partial charge in [-0.25, -0.2) is 14.8 Å². The number of hydrogen-bond acceptors (Lipinski definition) is 6. The Kier molecular flexibility index (Phi) is 4.08. The molecule has 20 heavy (non-hydrogen) atoms. The Labute approximate surface area is 121 Å². The molecular weight excluding hydrogens is 276 g/mol. The molecule has 0 aromatic carbocycles. The van der Waals surface area contributed by atoms with Crippen LogP contribution in [-0.4, -0.2) is 27.6 Å². The summed E-state index contributed by atoms with van der Waals surface area (Å²) in [5.74, 6) is 0.462. The van der Waals surface area contributed by atoms with Crippen LogP contribution in [0, 0.1) is 6.92 Å². The number of imidazole rings is 1. The minimum atomic E-state index is -0.528. The number of esters is 1. The molecule has 0 fully saturated rings. The molecule has 6 nitrogen and oxygen atoms in total. The maximum absolute atomic E-state index is 11.7. The second-order valence-electron chi connectivity index (χ2n) is 4.30. The SMILES string of the molecule is CCc1nc(-n2c(CC)nc(C(=O)OC)c2N)sc1C. The van der Waals surface area contributed by atoms with Gasteiger partial charge in [0.05, 0.1) is 12.8 Å². The molecule has 0 aliphatic carbocycles. The lowest BCUT2D eigenvalue weighted by atomic mass is 10.3. The fraction of sp³-hybridized carbons (Fsp3) is 0.462. The first kappa shape index (κ1) is 14.5. The number of thiazole rings is 1. The minimum absolute atomic E-state index is 0.148. The number of carbonyl (C=O) groups excluding carboxylic acids is 1.